The number of nitrogens with one attached hydrogen (secondary N) is 1. The number of nitrogens with two attached hydrogens (primary N) is 1. The highest BCUT2D eigenvalue weighted by atomic mass is 15.1. The first-order valence-corrected chi connectivity index (χ1v) is 8.38. The van der Waals surface area contributed by atoms with Gasteiger partial charge in [0, 0.05) is 17.4 Å². The molecule has 5 nitrogen and oxygen atoms in total. The minimum absolute atomic E-state index is 0.552. The van der Waals surface area contributed by atoms with Gasteiger partial charge in [0.1, 0.15) is 5.82 Å². The monoisotopic (exact) mass is 311 g/mol. The molecule has 0 spiro atoms. The Bertz CT molecular complexity index is 650. The molecule has 1 aromatic carbocycles. The summed E-state index contributed by atoms with van der Waals surface area (Å²) in [6.45, 7) is 5.68. The minimum atomic E-state index is 0.552. The maximum absolute atomic E-state index is 6.09. The molecule has 3 N–H and O–H groups in total. The van der Waals surface area contributed by atoms with Gasteiger partial charge in [-0.1, -0.05) is 12.1 Å². The van der Waals surface area contributed by atoms with Crippen LogP contribution >= 0.6 is 0 Å². The van der Waals surface area contributed by atoms with E-state index in [4.69, 9.17) is 5.73 Å². The summed E-state index contributed by atoms with van der Waals surface area (Å²) in [5.74, 6) is 1.13. The van der Waals surface area contributed by atoms with Gasteiger partial charge in [-0.25, -0.2) is 4.98 Å². The average molecular weight is 311 g/mol. The molecule has 0 amide bonds. The first kappa shape index (κ1) is 15.7. The molecule has 2 aromatic rings. The van der Waals surface area contributed by atoms with Crippen LogP contribution in [0.3, 0.4) is 0 Å². The van der Waals surface area contributed by atoms with E-state index in [-0.39, 0.29) is 0 Å². The lowest BCUT2D eigenvalue weighted by atomic mass is 10.1. The van der Waals surface area contributed by atoms with E-state index >= 15 is 0 Å². The van der Waals surface area contributed by atoms with Crippen LogP contribution in [-0.4, -0.2) is 34.5 Å². The molecule has 0 aliphatic carbocycles. The fourth-order valence-corrected chi connectivity index (χ4v) is 3.02. The van der Waals surface area contributed by atoms with Gasteiger partial charge in [0.05, 0.1) is 0 Å². The predicted octanol–water partition coefficient (Wildman–Crippen LogP) is 3.14. The number of rotatable bonds is 6. The van der Waals surface area contributed by atoms with E-state index in [0.717, 1.165) is 30.6 Å². The highest BCUT2D eigenvalue weighted by Crippen LogP contribution is 2.18. The first-order chi connectivity index (χ1) is 11.2. The number of aromatic nitrogens is 2. The SMILES string of the molecule is Cc1cccc(Nc2ncc(CCCN3CCCC3)c(N)n2)c1. The van der Waals surface area contributed by atoms with Crippen molar-refractivity contribution in [1.29, 1.82) is 0 Å². The molecule has 2 heterocycles. The van der Waals surface area contributed by atoms with Crippen molar-refractivity contribution in [2.24, 2.45) is 0 Å². The summed E-state index contributed by atoms with van der Waals surface area (Å²) >= 11 is 0. The highest BCUT2D eigenvalue weighted by Gasteiger charge is 2.11. The van der Waals surface area contributed by atoms with Gasteiger partial charge in [-0.2, -0.15) is 4.98 Å². The van der Waals surface area contributed by atoms with Crippen molar-refractivity contribution in [3.05, 3.63) is 41.6 Å². The fraction of sp³-hybridized carbons (Fsp3) is 0.444. The van der Waals surface area contributed by atoms with Crippen molar-refractivity contribution in [3.8, 4) is 0 Å². The lowest BCUT2D eigenvalue weighted by molar-refractivity contribution is 0.334. The number of hydrogen-bond donors (Lipinski definition) is 2. The maximum Gasteiger partial charge on any atom is 0.229 e. The number of nitrogen functional groups attached to an aromatic ring is 1. The summed E-state index contributed by atoms with van der Waals surface area (Å²) in [6.07, 6.45) is 6.57. The van der Waals surface area contributed by atoms with Gasteiger partial charge in [-0.3, -0.25) is 0 Å². The molecule has 0 radical (unpaired) electrons. The van der Waals surface area contributed by atoms with E-state index in [0.29, 0.717) is 11.8 Å². The number of anilines is 3. The van der Waals surface area contributed by atoms with Crippen LogP contribution in [0.5, 0.6) is 0 Å². The van der Waals surface area contributed by atoms with Crippen LogP contribution in [0.15, 0.2) is 30.5 Å². The predicted molar refractivity (Wildman–Crippen MR) is 94.9 cm³/mol. The van der Waals surface area contributed by atoms with Crippen LogP contribution in [0.4, 0.5) is 17.5 Å². The second-order valence-corrected chi connectivity index (χ2v) is 6.25. The lowest BCUT2D eigenvalue weighted by Crippen LogP contribution is -2.20. The molecule has 1 fully saturated rings. The molecule has 1 saturated heterocycles. The molecule has 3 rings (SSSR count). The van der Waals surface area contributed by atoms with E-state index < -0.39 is 0 Å². The summed E-state index contributed by atoms with van der Waals surface area (Å²) in [5.41, 5.74) is 9.31. The van der Waals surface area contributed by atoms with E-state index in [9.17, 15) is 0 Å². The third kappa shape index (κ3) is 4.42. The largest absolute Gasteiger partial charge is 0.383 e. The van der Waals surface area contributed by atoms with Crippen molar-refractivity contribution in [1.82, 2.24) is 14.9 Å². The molecule has 122 valence electrons. The zero-order valence-corrected chi connectivity index (χ0v) is 13.8. The molecule has 0 bridgehead atoms. The van der Waals surface area contributed by atoms with Gasteiger partial charge in [-0.15, -0.1) is 0 Å². The number of aryl methyl sites for hydroxylation is 2. The second-order valence-electron chi connectivity index (χ2n) is 6.25. The summed E-state index contributed by atoms with van der Waals surface area (Å²) in [6, 6.07) is 8.12. The highest BCUT2D eigenvalue weighted by molar-refractivity contribution is 5.56. The van der Waals surface area contributed by atoms with E-state index in [1.165, 1.54) is 31.5 Å². The molecule has 1 aliphatic heterocycles. The molecule has 1 aliphatic rings. The van der Waals surface area contributed by atoms with E-state index in [1.807, 2.05) is 18.3 Å². The van der Waals surface area contributed by atoms with Gasteiger partial charge < -0.3 is 16.0 Å². The number of nitrogens with zero attached hydrogens (tertiary/aromatic N) is 3. The third-order valence-corrected chi connectivity index (χ3v) is 4.29. The van der Waals surface area contributed by atoms with Crippen molar-refractivity contribution in [2.75, 3.05) is 30.7 Å². The van der Waals surface area contributed by atoms with E-state index in [1.54, 1.807) is 0 Å². The number of benzene rings is 1. The second kappa shape index (κ2) is 7.42. The molecule has 0 saturated carbocycles. The Kier molecular flexibility index (Phi) is 5.08. The Balaban J connectivity index is 1.56. The minimum Gasteiger partial charge on any atom is -0.383 e. The molecule has 23 heavy (non-hydrogen) atoms. The molecular weight excluding hydrogens is 286 g/mol. The third-order valence-electron chi connectivity index (χ3n) is 4.29. The zero-order chi connectivity index (χ0) is 16.1. The van der Waals surface area contributed by atoms with Gasteiger partial charge in [0.15, 0.2) is 0 Å². The van der Waals surface area contributed by atoms with Crippen LogP contribution in [0.1, 0.15) is 30.4 Å². The van der Waals surface area contributed by atoms with Gasteiger partial charge in [-0.05, 0) is 69.9 Å². The molecule has 0 atom stereocenters. The van der Waals surface area contributed by atoms with Crippen LogP contribution in [0.25, 0.3) is 0 Å². The van der Waals surface area contributed by atoms with Gasteiger partial charge in [0.2, 0.25) is 5.95 Å². The Hall–Kier alpha value is -2.14. The number of hydrogen-bond acceptors (Lipinski definition) is 5. The molecule has 1 aromatic heterocycles. The van der Waals surface area contributed by atoms with Crippen LogP contribution in [0.2, 0.25) is 0 Å². The Morgan fingerprint density at radius 2 is 2.09 bits per heavy atom. The van der Waals surface area contributed by atoms with Gasteiger partial charge in [0.25, 0.3) is 0 Å². The van der Waals surface area contributed by atoms with Crippen LogP contribution < -0.4 is 11.1 Å². The molecular formula is C18H25N5. The van der Waals surface area contributed by atoms with Crippen molar-refractivity contribution < 1.29 is 0 Å². The first-order valence-electron chi connectivity index (χ1n) is 8.38. The van der Waals surface area contributed by atoms with Crippen LogP contribution in [-0.2, 0) is 6.42 Å². The number of likely N-dealkylation sites (tertiary alicyclic amines) is 1. The van der Waals surface area contributed by atoms with Gasteiger partial charge >= 0.3 is 0 Å². The van der Waals surface area contributed by atoms with Crippen LogP contribution in [0, 0.1) is 6.92 Å². The Morgan fingerprint density at radius 1 is 1.26 bits per heavy atom. The Labute approximate surface area is 137 Å². The topological polar surface area (TPSA) is 67.1 Å². The summed E-state index contributed by atoms with van der Waals surface area (Å²) in [4.78, 5) is 11.3. The normalized spacial score (nSPS) is 15.0. The maximum atomic E-state index is 6.09. The molecule has 5 heteroatoms. The standard InChI is InChI=1S/C18H25N5/c1-14-6-4-8-16(12-14)21-18-20-13-15(17(19)22-18)7-5-11-23-9-2-3-10-23/h4,6,8,12-13H,2-3,5,7,9-11H2,1H3,(H3,19,20,21,22). The summed E-state index contributed by atoms with van der Waals surface area (Å²) in [5, 5.41) is 3.20. The summed E-state index contributed by atoms with van der Waals surface area (Å²) in [7, 11) is 0. The smallest absolute Gasteiger partial charge is 0.229 e. The van der Waals surface area contributed by atoms with Crippen molar-refractivity contribution in [2.45, 2.75) is 32.6 Å². The molecule has 0 unspecified atom stereocenters. The fourth-order valence-electron chi connectivity index (χ4n) is 3.02. The van der Waals surface area contributed by atoms with Crippen molar-refractivity contribution in [3.63, 3.8) is 0 Å². The average Bonchev–Trinajstić information content (AvgIpc) is 3.03. The summed E-state index contributed by atoms with van der Waals surface area (Å²) < 4.78 is 0. The van der Waals surface area contributed by atoms with E-state index in [2.05, 4.69) is 39.2 Å². The Morgan fingerprint density at radius 3 is 2.83 bits per heavy atom. The van der Waals surface area contributed by atoms with Crippen molar-refractivity contribution >= 4 is 17.5 Å². The lowest BCUT2D eigenvalue weighted by Gasteiger charge is -2.14. The zero-order valence-electron chi connectivity index (χ0n) is 13.8. The quantitative estimate of drug-likeness (QED) is 0.858.